The number of nitrogens with one attached hydrogen (secondary N) is 3. The Hall–Kier alpha value is -3.85. The molecule has 3 heterocycles. The summed E-state index contributed by atoms with van der Waals surface area (Å²) in [6, 6.07) is 16.6. The quantitative estimate of drug-likeness (QED) is 0.251. The van der Waals surface area contributed by atoms with Gasteiger partial charge >= 0.3 is 0 Å². The molecule has 2 aromatic heterocycles. The van der Waals surface area contributed by atoms with Crippen LogP contribution in [0.3, 0.4) is 0 Å². The third-order valence-electron chi connectivity index (χ3n) is 7.79. The summed E-state index contributed by atoms with van der Waals surface area (Å²) in [7, 11) is 1.62. The number of aromatic nitrogens is 2. The molecular formula is C36H47N5O7S. The number of carbonyl (C=O) groups is 1. The predicted octanol–water partition coefficient (Wildman–Crippen LogP) is 4.90. The first-order chi connectivity index (χ1) is 24.0. The Morgan fingerprint density at radius 3 is 2.41 bits per heavy atom. The van der Waals surface area contributed by atoms with Crippen LogP contribution in [0.15, 0.2) is 48.5 Å². The molecule has 0 aliphatic carbocycles. The molecule has 3 N–H and O–H groups in total. The molecule has 0 spiro atoms. The molecule has 2 aromatic carbocycles. The van der Waals surface area contributed by atoms with E-state index in [1.165, 1.54) is 20.9 Å². The molecule has 5 rings (SSSR count). The number of rotatable bonds is 1. The van der Waals surface area contributed by atoms with Crippen LogP contribution in [0.4, 0.5) is 5.82 Å². The van der Waals surface area contributed by atoms with Gasteiger partial charge in [0, 0.05) is 47.3 Å². The van der Waals surface area contributed by atoms with Gasteiger partial charge in [-0.05, 0) is 43.2 Å². The number of fused-ring (bicyclic) bond motifs is 5. The van der Waals surface area contributed by atoms with E-state index in [0.29, 0.717) is 103 Å². The third-order valence-corrected chi connectivity index (χ3v) is 9.09. The van der Waals surface area contributed by atoms with E-state index in [9.17, 15) is 4.79 Å². The van der Waals surface area contributed by atoms with Crippen molar-refractivity contribution in [3.63, 3.8) is 0 Å². The molecule has 0 radical (unpaired) electrons. The van der Waals surface area contributed by atoms with Crippen molar-refractivity contribution in [2.24, 2.45) is 0 Å². The summed E-state index contributed by atoms with van der Waals surface area (Å²) in [5.41, 5.74) is 3.17. The van der Waals surface area contributed by atoms with E-state index in [0.717, 1.165) is 16.7 Å². The highest BCUT2D eigenvalue weighted by Gasteiger charge is 2.17. The fourth-order valence-electron chi connectivity index (χ4n) is 5.29. The Kier molecular flexibility index (Phi) is 14.4. The monoisotopic (exact) mass is 693 g/mol. The number of nitrogens with zero attached hydrogens (tertiary/aromatic N) is 2. The Bertz CT molecular complexity index is 1630. The highest BCUT2D eigenvalue weighted by molar-refractivity contribution is 7.15. The van der Waals surface area contributed by atoms with Gasteiger partial charge in [-0.25, -0.2) is 9.97 Å². The lowest BCUT2D eigenvalue weighted by molar-refractivity contribution is -0.122. The summed E-state index contributed by atoms with van der Waals surface area (Å²) in [6.45, 7) is 9.65. The lowest BCUT2D eigenvalue weighted by Gasteiger charge is -2.17. The zero-order valence-electron chi connectivity index (χ0n) is 28.5. The van der Waals surface area contributed by atoms with Crippen molar-refractivity contribution in [2.45, 2.75) is 32.9 Å². The standard InChI is InChI=1S/C36H47N5O7S/c1-25-33-8-9-34(49-33)28-7-5-4-6-27(28)24-37-11-14-44-13-10-35(42)38-12-15-45-16-17-46-18-19-47-20-21-48-32-22-29-30(23-31(32)43-3)40-26(2)41-36(29)39-25/h4-9,22-23,25,37H,10-21,24H2,1-3H3,(H,38,42)(H,39,40,41). The Morgan fingerprint density at radius 1 is 0.857 bits per heavy atom. The Labute approximate surface area is 291 Å². The molecule has 0 fully saturated rings. The number of carbonyl (C=O) groups excluding carboxylic acids is 1. The average Bonchev–Trinajstić information content (AvgIpc) is 3.60. The van der Waals surface area contributed by atoms with Gasteiger partial charge in [0.2, 0.25) is 5.91 Å². The molecule has 4 bridgehead atoms. The minimum atomic E-state index is -0.0553. The lowest BCUT2D eigenvalue weighted by Crippen LogP contribution is -2.29. The van der Waals surface area contributed by atoms with E-state index in [-0.39, 0.29) is 11.9 Å². The van der Waals surface area contributed by atoms with Crippen molar-refractivity contribution in [1.29, 1.82) is 0 Å². The molecular weight excluding hydrogens is 646 g/mol. The number of methoxy groups -OCH3 is 1. The number of aryl methyl sites for hydroxylation is 1. The van der Waals surface area contributed by atoms with Gasteiger partial charge in [0.1, 0.15) is 18.2 Å². The van der Waals surface area contributed by atoms with E-state index >= 15 is 0 Å². The number of anilines is 1. The molecule has 0 saturated heterocycles. The SMILES string of the molecule is COc1cc2nc(C)nc3c2cc1OCCOCCOCCOCCNC(=O)CCOCCNCc1ccccc1-c1ccc(s1)C(C)N3. The predicted molar refractivity (Wildman–Crippen MR) is 191 cm³/mol. The van der Waals surface area contributed by atoms with Gasteiger partial charge in [0.15, 0.2) is 11.5 Å². The van der Waals surface area contributed by atoms with Crippen LogP contribution in [0, 0.1) is 6.92 Å². The molecule has 0 saturated carbocycles. The minimum absolute atomic E-state index is 0.0107. The summed E-state index contributed by atoms with van der Waals surface area (Å²) in [6.07, 6.45) is 0.312. The minimum Gasteiger partial charge on any atom is -0.493 e. The second-order valence-corrected chi connectivity index (χ2v) is 12.6. The van der Waals surface area contributed by atoms with Gasteiger partial charge < -0.3 is 44.4 Å². The van der Waals surface area contributed by atoms with Crippen LogP contribution in [0.1, 0.15) is 35.7 Å². The van der Waals surface area contributed by atoms with Gasteiger partial charge in [-0.3, -0.25) is 4.79 Å². The van der Waals surface area contributed by atoms with Gasteiger partial charge in [0.25, 0.3) is 0 Å². The van der Waals surface area contributed by atoms with Crippen LogP contribution >= 0.6 is 11.3 Å². The van der Waals surface area contributed by atoms with Crippen LogP contribution in [0.5, 0.6) is 11.5 Å². The maximum atomic E-state index is 12.1. The van der Waals surface area contributed by atoms with Crippen LogP contribution in [-0.4, -0.2) is 95.5 Å². The van der Waals surface area contributed by atoms with Crippen LogP contribution in [-0.2, 0) is 30.3 Å². The molecule has 1 unspecified atom stereocenters. The smallest absolute Gasteiger partial charge is 0.222 e. The van der Waals surface area contributed by atoms with Crippen molar-refractivity contribution in [3.05, 3.63) is 64.8 Å². The van der Waals surface area contributed by atoms with Crippen molar-refractivity contribution in [1.82, 2.24) is 20.6 Å². The molecule has 12 nitrogen and oxygen atoms in total. The molecule has 1 amide bonds. The number of ether oxygens (including phenoxy) is 6. The van der Waals surface area contributed by atoms with Crippen LogP contribution in [0.25, 0.3) is 21.3 Å². The molecule has 1 atom stereocenters. The highest BCUT2D eigenvalue weighted by Crippen LogP contribution is 2.37. The van der Waals surface area contributed by atoms with Gasteiger partial charge in [-0.1, -0.05) is 24.3 Å². The van der Waals surface area contributed by atoms with E-state index in [2.05, 4.69) is 64.3 Å². The summed E-state index contributed by atoms with van der Waals surface area (Å²) < 4.78 is 34.2. The number of hydrogen-bond acceptors (Lipinski definition) is 12. The number of hydrogen-bond donors (Lipinski definition) is 3. The highest BCUT2D eigenvalue weighted by atomic mass is 32.1. The summed E-state index contributed by atoms with van der Waals surface area (Å²) in [5.74, 6) is 2.52. The Balaban J connectivity index is 1.29. The lowest BCUT2D eigenvalue weighted by atomic mass is 10.1. The largest absolute Gasteiger partial charge is 0.493 e. The number of benzene rings is 2. The number of amides is 1. The van der Waals surface area contributed by atoms with Crippen molar-refractivity contribution in [2.75, 3.05) is 85.0 Å². The maximum absolute atomic E-state index is 12.1. The van der Waals surface area contributed by atoms with E-state index in [1.54, 1.807) is 18.4 Å². The molecule has 13 heteroatoms. The molecule has 49 heavy (non-hydrogen) atoms. The fraction of sp³-hybridized carbons (Fsp3) is 0.472. The second kappa shape index (κ2) is 19.4. The van der Waals surface area contributed by atoms with Crippen molar-refractivity contribution < 1.29 is 33.2 Å². The first-order valence-corrected chi connectivity index (χ1v) is 17.6. The van der Waals surface area contributed by atoms with Gasteiger partial charge in [-0.2, -0.15) is 0 Å². The zero-order valence-corrected chi connectivity index (χ0v) is 29.4. The molecule has 4 aromatic rings. The van der Waals surface area contributed by atoms with Crippen LogP contribution in [0.2, 0.25) is 0 Å². The van der Waals surface area contributed by atoms with E-state index < -0.39 is 0 Å². The first-order valence-electron chi connectivity index (χ1n) is 16.7. The summed E-state index contributed by atoms with van der Waals surface area (Å²) in [5, 5.41) is 10.8. The van der Waals surface area contributed by atoms with Gasteiger partial charge in [-0.15, -0.1) is 11.3 Å². The maximum Gasteiger partial charge on any atom is 0.222 e. The Morgan fingerprint density at radius 2 is 1.59 bits per heavy atom. The van der Waals surface area contributed by atoms with E-state index in [4.69, 9.17) is 33.4 Å². The first kappa shape index (κ1) is 36.4. The third kappa shape index (κ3) is 11.1. The van der Waals surface area contributed by atoms with Gasteiger partial charge in [0.05, 0.1) is 71.5 Å². The molecule has 1 aliphatic heterocycles. The summed E-state index contributed by atoms with van der Waals surface area (Å²) in [4.78, 5) is 23.9. The van der Waals surface area contributed by atoms with Crippen molar-refractivity contribution >= 4 is 34.0 Å². The number of thiophene rings is 1. The van der Waals surface area contributed by atoms with Crippen LogP contribution < -0.4 is 25.4 Å². The topological polar surface area (TPSA) is 134 Å². The van der Waals surface area contributed by atoms with E-state index in [1.807, 2.05) is 19.1 Å². The molecule has 264 valence electrons. The summed E-state index contributed by atoms with van der Waals surface area (Å²) >= 11 is 1.76. The zero-order chi connectivity index (χ0) is 34.3. The average molecular weight is 694 g/mol. The normalized spacial score (nSPS) is 18.6. The fourth-order valence-corrected chi connectivity index (χ4v) is 6.37. The van der Waals surface area contributed by atoms with Crippen molar-refractivity contribution in [3.8, 4) is 21.9 Å². The second-order valence-electron chi connectivity index (χ2n) is 11.4. The molecule has 1 aliphatic rings.